The van der Waals surface area contributed by atoms with Crippen LogP contribution in [0.5, 0.6) is 11.6 Å². The molecule has 0 saturated heterocycles. The lowest BCUT2D eigenvalue weighted by Gasteiger charge is -2.23. The number of hydrogen-bond acceptors (Lipinski definition) is 5. The number of benzene rings is 1. The van der Waals surface area contributed by atoms with Gasteiger partial charge in [0.25, 0.3) is 5.56 Å². The summed E-state index contributed by atoms with van der Waals surface area (Å²) in [5.41, 5.74) is 1.44. The highest BCUT2D eigenvalue weighted by atomic mass is 16.5. The summed E-state index contributed by atoms with van der Waals surface area (Å²) in [7, 11) is 1.58. The predicted octanol–water partition coefficient (Wildman–Crippen LogP) is 2.14. The molecule has 0 radical (unpaired) electrons. The van der Waals surface area contributed by atoms with Crippen molar-refractivity contribution in [3.63, 3.8) is 0 Å². The summed E-state index contributed by atoms with van der Waals surface area (Å²) in [6, 6.07) is 12.6. The third kappa shape index (κ3) is 2.23. The molecule has 0 N–H and O–H groups in total. The second-order valence-electron chi connectivity index (χ2n) is 5.57. The lowest BCUT2D eigenvalue weighted by Crippen LogP contribution is -2.31. The minimum absolute atomic E-state index is 0.0928. The van der Waals surface area contributed by atoms with Gasteiger partial charge in [-0.25, -0.2) is 0 Å². The summed E-state index contributed by atoms with van der Waals surface area (Å²) in [4.78, 5) is 29.3. The van der Waals surface area contributed by atoms with Crippen LogP contribution in [0.4, 0.5) is 0 Å². The summed E-state index contributed by atoms with van der Waals surface area (Å²) >= 11 is 0. The number of pyridine rings is 1. The molecule has 3 heterocycles. The fraction of sp³-hybridized carbons (Fsp3) is 0.167. The zero-order chi connectivity index (χ0) is 16.7. The van der Waals surface area contributed by atoms with Crippen molar-refractivity contribution >= 4 is 11.6 Å². The summed E-state index contributed by atoms with van der Waals surface area (Å²) in [5.74, 6) is -0.0481. The molecule has 0 amide bonds. The van der Waals surface area contributed by atoms with Crippen molar-refractivity contribution in [1.82, 2.24) is 9.38 Å². The number of carbonyl (C=O) groups is 1. The number of rotatable bonds is 2. The molecule has 4 rings (SSSR count). The van der Waals surface area contributed by atoms with Crippen molar-refractivity contribution in [2.45, 2.75) is 12.3 Å². The van der Waals surface area contributed by atoms with E-state index in [1.165, 1.54) is 4.40 Å². The van der Waals surface area contributed by atoms with E-state index in [-0.39, 0.29) is 17.9 Å². The Kier molecular flexibility index (Phi) is 3.30. The third-order valence-corrected chi connectivity index (χ3v) is 4.16. The van der Waals surface area contributed by atoms with Gasteiger partial charge in [0.15, 0.2) is 0 Å². The van der Waals surface area contributed by atoms with Crippen molar-refractivity contribution in [2.24, 2.45) is 0 Å². The zero-order valence-corrected chi connectivity index (χ0v) is 12.9. The maximum atomic E-state index is 12.9. The van der Waals surface area contributed by atoms with E-state index in [0.717, 1.165) is 5.56 Å². The summed E-state index contributed by atoms with van der Waals surface area (Å²) in [6.07, 6.45) is 1.75. The van der Waals surface area contributed by atoms with Crippen molar-refractivity contribution < 1.29 is 14.3 Å². The summed E-state index contributed by atoms with van der Waals surface area (Å²) < 4.78 is 11.9. The minimum Gasteiger partial charge on any atom is -0.497 e. The average Bonchev–Trinajstić information content (AvgIpc) is 2.61. The number of aromatic nitrogens is 2. The van der Waals surface area contributed by atoms with Crippen LogP contribution in [0.1, 0.15) is 23.5 Å². The van der Waals surface area contributed by atoms with Crippen LogP contribution >= 0.6 is 0 Å². The van der Waals surface area contributed by atoms with E-state index >= 15 is 0 Å². The molecule has 120 valence electrons. The van der Waals surface area contributed by atoms with E-state index in [4.69, 9.17) is 9.47 Å². The molecule has 1 aliphatic heterocycles. The zero-order valence-electron chi connectivity index (χ0n) is 12.9. The number of esters is 1. The molecule has 0 spiro atoms. The highest BCUT2D eigenvalue weighted by molar-refractivity contribution is 5.77. The molecule has 2 aromatic heterocycles. The average molecular weight is 322 g/mol. The van der Waals surface area contributed by atoms with Gasteiger partial charge in [0.05, 0.1) is 19.1 Å². The monoisotopic (exact) mass is 322 g/mol. The van der Waals surface area contributed by atoms with Gasteiger partial charge >= 0.3 is 5.97 Å². The molecule has 1 atom stereocenters. The summed E-state index contributed by atoms with van der Waals surface area (Å²) in [6.45, 7) is 0. The van der Waals surface area contributed by atoms with Crippen LogP contribution in [0.25, 0.3) is 5.65 Å². The van der Waals surface area contributed by atoms with Gasteiger partial charge in [-0.1, -0.05) is 18.2 Å². The standard InChI is InChI=1S/C18H14N2O4/c1-23-12-6-4-5-11(9-12)13-10-15(21)24-17-16(13)18(22)20-8-3-2-7-14(20)19-17/h2-9,13H,10H2,1H3/t13-/m0/s1. The van der Waals surface area contributed by atoms with Crippen molar-refractivity contribution in [1.29, 1.82) is 0 Å². The fourth-order valence-corrected chi connectivity index (χ4v) is 3.02. The molecular formula is C18H14N2O4. The Labute approximate surface area is 137 Å². The van der Waals surface area contributed by atoms with Crippen LogP contribution < -0.4 is 15.0 Å². The lowest BCUT2D eigenvalue weighted by molar-refractivity contribution is -0.135. The topological polar surface area (TPSA) is 69.9 Å². The van der Waals surface area contributed by atoms with Crippen LogP contribution in [0.2, 0.25) is 0 Å². The highest BCUT2D eigenvalue weighted by Gasteiger charge is 2.33. The van der Waals surface area contributed by atoms with E-state index in [0.29, 0.717) is 17.0 Å². The predicted molar refractivity (Wildman–Crippen MR) is 86.6 cm³/mol. The second-order valence-corrected chi connectivity index (χ2v) is 5.57. The number of fused-ring (bicyclic) bond motifs is 2. The molecule has 3 aromatic rings. The van der Waals surface area contributed by atoms with Crippen molar-refractivity contribution in [2.75, 3.05) is 7.11 Å². The number of hydrogen-bond donors (Lipinski definition) is 0. The van der Waals surface area contributed by atoms with E-state index in [9.17, 15) is 9.59 Å². The molecule has 6 nitrogen and oxygen atoms in total. The van der Waals surface area contributed by atoms with E-state index < -0.39 is 11.9 Å². The van der Waals surface area contributed by atoms with Gasteiger partial charge in [-0.15, -0.1) is 0 Å². The van der Waals surface area contributed by atoms with Crippen LogP contribution in [0.3, 0.4) is 0 Å². The SMILES string of the molecule is COc1cccc([C@@H]2CC(=O)Oc3nc4ccccn4c(=O)c32)c1. The maximum Gasteiger partial charge on any atom is 0.313 e. The Morgan fingerprint density at radius 1 is 1.21 bits per heavy atom. The highest BCUT2D eigenvalue weighted by Crippen LogP contribution is 2.36. The molecule has 0 aliphatic carbocycles. The number of nitrogens with zero attached hydrogens (tertiary/aromatic N) is 2. The molecule has 0 saturated carbocycles. The normalized spacial score (nSPS) is 16.5. The molecule has 0 unspecified atom stereocenters. The van der Waals surface area contributed by atoms with Gasteiger partial charge < -0.3 is 9.47 Å². The van der Waals surface area contributed by atoms with Crippen LogP contribution in [-0.2, 0) is 4.79 Å². The molecular weight excluding hydrogens is 308 g/mol. The fourth-order valence-electron chi connectivity index (χ4n) is 3.02. The first-order valence-electron chi connectivity index (χ1n) is 7.53. The number of methoxy groups -OCH3 is 1. The molecule has 0 fully saturated rings. The van der Waals surface area contributed by atoms with E-state index in [1.807, 2.05) is 24.3 Å². The van der Waals surface area contributed by atoms with Gasteiger partial charge in [0.2, 0.25) is 5.88 Å². The Balaban J connectivity index is 1.97. The van der Waals surface area contributed by atoms with Crippen LogP contribution in [0.15, 0.2) is 53.5 Å². The van der Waals surface area contributed by atoms with Gasteiger partial charge in [-0.05, 0) is 29.8 Å². The van der Waals surface area contributed by atoms with Gasteiger partial charge in [-0.2, -0.15) is 4.98 Å². The first-order chi connectivity index (χ1) is 11.7. The first-order valence-corrected chi connectivity index (χ1v) is 7.53. The van der Waals surface area contributed by atoms with Gasteiger partial charge in [0, 0.05) is 12.1 Å². The Morgan fingerprint density at radius 2 is 2.08 bits per heavy atom. The van der Waals surface area contributed by atoms with Crippen molar-refractivity contribution in [3.8, 4) is 11.6 Å². The molecule has 24 heavy (non-hydrogen) atoms. The third-order valence-electron chi connectivity index (χ3n) is 4.16. The number of ether oxygens (including phenoxy) is 2. The second kappa shape index (κ2) is 5.49. The van der Waals surface area contributed by atoms with Gasteiger partial charge in [-0.3, -0.25) is 14.0 Å². The molecule has 1 aromatic carbocycles. The van der Waals surface area contributed by atoms with E-state index in [2.05, 4.69) is 4.98 Å². The van der Waals surface area contributed by atoms with Crippen LogP contribution in [0, 0.1) is 0 Å². The van der Waals surface area contributed by atoms with Gasteiger partial charge in [0.1, 0.15) is 11.4 Å². The Bertz CT molecular complexity index is 1010. The van der Waals surface area contributed by atoms with E-state index in [1.54, 1.807) is 31.5 Å². The summed E-state index contributed by atoms with van der Waals surface area (Å²) in [5, 5.41) is 0. The quantitative estimate of drug-likeness (QED) is 0.676. The number of carbonyl (C=O) groups excluding carboxylic acids is 1. The Hall–Kier alpha value is -3.15. The van der Waals surface area contributed by atoms with Crippen LogP contribution in [-0.4, -0.2) is 22.5 Å². The van der Waals surface area contributed by atoms with Crippen molar-refractivity contribution in [3.05, 3.63) is 70.1 Å². The molecule has 0 bridgehead atoms. The Morgan fingerprint density at radius 3 is 2.92 bits per heavy atom. The smallest absolute Gasteiger partial charge is 0.313 e. The maximum absolute atomic E-state index is 12.9. The largest absolute Gasteiger partial charge is 0.497 e. The first kappa shape index (κ1) is 14.4. The molecule has 6 heteroatoms. The minimum atomic E-state index is -0.409. The lowest BCUT2D eigenvalue weighted by atomic mass is 9.88. The molecule has 1 aliphatic rings.